The van der Waals surface area contributed by atoms with Crippen LogP contribution in [0.25, 0.3) is 0 Å². The highest BCUT2D eigenvalue weighted by molar-refractivity contribution is 7.90. The van der Waals surface area contributed by atoms with Crippen LogP contribution in [0.15, 0.2) is 18.2 Å². The van der Waals surface area contributed by atoms with E-state index in [2.05, 4.69) is 0 Å². The Morgan fingerprint density at radius 2 is 1.74 bits per heavy atom. The molecule has 128 valence electrons. The van der Waals surface area contributed by atoms with Crippen LogP contribution in [-0.4, -0.2) is 36.9 Å². The van der Waals surface area contributed by atoms with Crippen molar-refractivity contribution >= 4 is 21.9 Å². The van der Waals surface area contributed by atoms with Gasteiger partial charge in [-0.2, -0.15) is 25.9 Å². The molecule has 1 aliphatic rings. The van der Waals surface area contributed by atoms with Crippen LogP contribution in [0.5, 0.6) is 0 Å². The molecule has 2 N–H and O–H groups in total. The van der Waals surface area contributed by atoms with Crippen molar-refractivity contribution in [2.45, 2.75) is 25.4 Å². The highest BCUT2D eigenvalue weighted by Crippen LogP contribution is 2.32. The van der Waals surface area contributed by atoms with Crippen molar-refractivity contribution in [1.29, 1.82) is 0 Å². The molecule has 1 fully saturated rings. The standard InChI is InChI=1S/C13H15F3N2O4S/c14-13(15,16)10-6-9(12(19)20)7-11(8-10)17-23(21,22)18-4-2-1-3-5-18/h6-8,17H,1-5H2,(H,19,20). The predicted octanol–water partition coefficient (Wildman–Crippen LogP) is 2.55. The molecular formula is C13H15F3N2O4S. The molecule has 1 saturated heterocycles. The Labute approximate surface area is 131 Å². The van der Waals surface area contributed by atoms with E-state index in [1.807, 2.05) is 4.72 Å². The normalized spacial score (nSPS) is 17.0. The van der Waals surface area contributed by atoms with Gasteiger partial charge in [0.2, 0.25) is 0 Å². The molecule has 1 heterocycles. The quantitative estimate of drug-likeness (QED) is 0.872. The summed E-state index contributed by atoms with van der Waals surface area (Å²) < 4.78 is 66.0. The van der Waals surface area contributed by atoms with E-state index in [9.17, 15) is 26.4 Å². The van der Waals surface area contributed by atoms with Crippen molar-refractivity contribution < 1.29 is 31.5 Å². The number of nitrogens with one attached hydrogen (secondary N) is 1. The summed E-state index contributed by atoms with van der Waals surface area (Å²) in [6, 6.07) is 1.90. The first-order valence-electron chi connectivity index (χ1n) is 6.83. The number of carboxylic acid groups (broad SMARTS) is 1. The minimum Gasteiger partial charge on any atom is -0.478 e. The highest BCUT2D eigenvalue weighted by Gasteiger charge is 2.32. The average Bonchev–Trinajstić information content (AvgIpc) is 2.46. The van der Waals surface area contributed by atoms with Crippen LogP contribution in [0.4, 0.5) is 18.9 Å². The molecule has 10 heteroatoms. The Kier molecular flexibility index (Phi) is 4.85. The van der Waals surface area contributed by atoms with Crippen LogP contribution < -0.4 is 4.72 Å². The molecule has 6 nitrogen and oxygen atoms in total. The number of anilines is 1. The largest absolute Gasteiger partial charge is 0.478 e. The van der Waals surface area contributed by atoms with Crippen LogP contribution in [0, 0.1) is 0 Å². The Hall–Kier alpha value is -1.81. The van der Waals surface area contributed by atoms with Gasteiger partial charge in [0.25, 0.3) is 0 Å². The topological polar surface area (TPSA) is 86.7 Å². The van der Waals surface area contributed by atoms with E-state index in [0.717, 1.165) is 16.8 Å². The van der Waals surface area contributed by atoms with Gasteiger partial charge in [-0.25, -0.2) is 4.79 Å². The van der Waals surface area contributed by atoms with E-state index >= 15 is 0 Å². The van der Waals surface area contributed by atoms with Crippen molar-refractivity contribution in [2.75, 3.05) is 17.8 Å². The second-order valence-corrected chi connectivity index (χ2v) is 6.84. The zero-order chi connectivity index (χ0) is 17.3. The number of halogens is 3. The first-order chi connectivity index (χ1) is 10.6. The number of carboxylic acids is 1. The summed E-state index contributed by atoms with van der Waals surface area (Å²) in [6.45, 7) is 0.556. The molecule has 23 heavy (non-hydrogen) atoms. The molecule has 2 rings (SSSR count). The predicted molar refractivity (Wildman–Crippen MR) is 76.4 cm³/mol. The number of aromatic carboxylic acids is 1. The average molecular weight is 352 g/mol. The van der Waals surface area contributed by atoms with Gasteiger partial charge in [-0.05, 0) is 31.0 Å². The monoisotopic (exact) mass is 352 g/mol. The van der Waals surface area contributed by atoms with Crippen molar-refractivity contribution in [1.82, 2.24) is 4.31 Å². The molecular weight excluding hydrogens is 337 g/mol. The number of hydrogen-bond acceptors (Lipinski definition) is 3. The van der Waals surface area contributed by atoms with Crippen LogP contribution in [0.3, 0.4) is 0 Å². The van der Waals surface area contributed by atoms with Crippen molar-refractivity contribution in [2.24, 2.45) is 0 Å². The molecule has 1 aromatic rings. The fourth-order valence-electron chi connectivity index (χ4n) is 2.29. The number of alkyl halides is 3. The van der Waals surface area contributed by atoms with Crippen LogP contribution in [0.2, 0.25) is 0 Å². The third-order valence-electron chi connectivity index (χ3n) is 3.41. The minimum absolute atomic E-state index is 0.278. The van der Waals surface area contributed by atoms with Crippen LogP contribution in [-0.2, 0) is 16.4 Å². The maximum atomic E-state index is 12.8. The molecule has 0 spiro atoms. The van der Waals surface area contributed by atoms with Gasteiger partial charge in [0.05, 0.1) is 16.8 Å². The first kappa shape index (κ1) is 17.5. The van der Waals surface area contributed by atoms with Crippen molar-refractivity contribution in [3.8, 4) is 0 Å². The Balaban J connectivity index is 2.34. The second kappa shape index (κ2) is 6.36. The van der Waals surface area contributed by atoms with Gasteiger partial charge in [-0.15, -0.1) is 0 Å². The van der Waals surface area contributed by atoms with E-state index in [1.54, 1.807) is 0 Å². The molecule has 0 saturated carbocycles. The van der Waals surface area contributed by atoms with E-state index in [1.165, 1.54) is 0 Å². The maximum Gasteiger partial charge on any atom is 0.416 e. The van der Waals surface area contributed by atoms with Gasteiger partial charge in [-0.1, -0.05) is 6.42 Å². The molecule has 0 amide bonds. The molecule has 1 aliphatic heterocycles. The number of hydrogen-bond donors (Lipinski definition) is 2. The summed E-state index contributed by atoms with van der Waals surface area (Å²) in [5.41, 5.74) is -2.30. The van der Waals surface area contributed by atoms with Gasteiger partial charge in [0, 0.05) is 13.1 Å². The molecule has 0 bridgehead atoms. The van der Waals surface area contributed by atoms with Gasteiger partial charge < -0.3 is 5.11 Å². The van der Waals surface area contributed by atoms with Gasteiger partial charge in [0.1, 0.15) is 0 Å². The van der Waals surface area contributed by atoms with E-state index in [0.29, 0.717) is 25.0 Å². The van der Waals surface area contributed by atoms with Crippen molar-refractivity contribution in [3.05, 3.63) is 29.3 Å². The smallest absolute Gasteiger partial charge is 0.416 e. The van der Waals surface area contributed by atoms with Crippen LogP contribution >= 0.6 is 0 Å². The van der Waals surface area contributed by atoms with Gasteiger partial charge in [0.15, 0.2) is 0 Å². The lowest BCUT2D eigenvalue weighted by Gasteiger charge is -2.26. The number of nitrogens with zero attached hydrogens (tertiary/aromatic N) is 1. The number of rotatable bonds is 4. The van der Waals surface area contributed by atoms with E-state index < -0.39 is 39.2 Å². The molecule has 0 radical (unpaired) electrons. The van der Waals surface area contributed by atoms with Crippen LogP contribution in [0.1, 0.15) is 35.2 Å². The molecule has 0 aliphatic carbocycles. The maximum absolute atomic E-state index is 12.8. The summed E-state index contributed by atoms with van der Waals surface area (Å²) in [5, 5.41) is 8.89. The third-order valence-corrected chi connectivity index (χ3v) is 4.95. The summed E-state index contributed by atoms with van der Waals surface area (Å²) in [4.78, 5) is 10.9. The minimum atomic E-state index is -4.78. The lowest BCUT2D eigenvalue weighted by Crippen LogP contribution is -2.39. The second-order valence-electron chi connectivity index (χ2n) is 5.17. The molecule has 1 aromatic carbocycles. The SMILES string of the molecule is O=C(O)c1cc(NS(=O)(=O)N2CCCCC2)cc(C(F)(F)F)c1. The number of benzene rings is 1. The summed E-state index contributed by atoms with van der Waals surface area (Å²) in [5.74, 6) is -1.57. The number of carbonyl (C=O) groups is 1. The fraction of sp³-hybridized carbons (Fsp3) is 0.462. The lowest BCUT2D eigenvalue weighted by atomic mass is 10.1. The fourth-order valence-corrected chi connectivity index (χ4v) is 3.58. The van der Waals surface area contributed by atoms with Gasteiger partial charge in [-0.3, -0.25) is 4.72 Å². The summed E-state index contributed by atoms with van der Waals surface area (Å²) >= 11 is 0. The summed E-state index contributed by atoms with van der Waals surface area (Å²) in [7, 11) is -4.02. The van der Waals surface area contributed by atoms with E-state index in [4.69, 9.17) is 5.11 Å². The Bertz CT molecular complexity index is 698. The number of piperidine rings is 1. The zero-order valence-corrected chi connectivity index (χ0v) is 12.7. The molecule has 0 aromatic heterocycles. The first-order valence-corrected chi connectivity index (χ1v) is 8.27. The zero-order valence-electron chi connectivity index (χ0n) is 11.9. The summed E-state index contributed by atoms with van der Waals surface area (Å²) in [6.07, 6.45) is -2.55. The van der Waals surface area contributed by atoms with Crippen molar-refractivity contribution in [3.63, 3.8) is 0 Å². The van der Waals surface area contributed by atoms with Gasteiger partial charge >= 0.3 is 22.4 Å². The third kappa shape index (κ3) is 4.35. The Morgan fingerprint density at radius 3 is 2.26 bits per heavy atom. The lowest BCUT2D eigenvalue weighted by molar-refractivity contribution is -0.137. The molecule has 0 atom stereocenters. The Morgan fingerprint density at radius 1 is 1.13 bits per heavy atom. The molecule has 0 unspecified atom stereocenters. The van der Waals surface area contributed by atoms with E-state index in [-0.39, 0.29) is 13.1 Å². The highest BCUT2D eigenvalue weighted by atomic mass is 32.2.